The molecule has 1 N–H and O–H groups in total. The second-order valence-corrected chi connectivity index (χ2v) is 4.89. The molecule has 0 fully saturated rings. The molecule has 0 saturated heterocycles. The van der Waals surface area contributed by atoms with Crippen LogP contribution in [0.15, 0.2) is 4.47 Å². The van der Waals surface area contributed by atoms with Crippen molar-refractivity contribution < 1.29 is 9.84 Å². The van der Waals surface area contributed by atoms with E-state index >= 15 is 0 Å². The van der Waals surface area contributed by atoms with Crippen molar-refractivity contribution in [3.8, 4) is 0 Å². The topological polar surface area (TPSA) is 47.3 Å². The summed E-state index contributed by atoms with van der Waals surface area (Å²) >= 11 is 3.52. The SMILES string of the molecule is CCCOCC(O)Cc1c(Br)c(C)nn1CC. The first-order chi connectivity index (χ1) is 8.10. The second-order valence-electron chi connectivity index (χ2n) is 4.09. The third-order valence-corrected chi connectivity index (χ3v) is 3.57. The summed E-state index contributed by atoms with van der Waals surface area (Å²) in [5, 5.41) is 14.3. The lowest BCUT2D eigenvalue weighted by molar-refractivity contribution is 0.0363. The van der Waals surface area contributed by atoms with E-state index in [2.05, 4.69) is 28.0 Å². The minimum absolute atomic E-state index is 0.383. The van der Waals surface area contributed by atoms with Gasteiger partial charge in [0.05, 0.1) is 28.6 Å². The Bertz CT molecular complexity index is 353. The van der Waals surface area contributed by atoms with Crippen LogP contribution in [0.25, 0.3) is 0 Å². The summed E-state index contributed by atoms with van der Waals surface area (Å²) < 4.78 is 8.26. The fourth-order valence-corrected chi connectivity index (χ4v) is 2.16. The van der Waals surface area contributed by atoms with Crippen LogP contribution in [0.1, 0.15) is 31.7 Å². The minimum atomic E-state index is -0.473. The highest BCUT2D eigenvalue weighted by Crippen LogP contribution is 2.22. The summed E-state index contributed by atoms with van der Waals surface area (Å²) in [5.74, 6) is 0. The van der Waals surface area contributed by atoms with E-state index in [-0.39, 0.29) is 0 Å². The van der Waals surface area contributed by atoms with Crippen LogP contribution in [0, 0.1) is 6.92 Å². The van der Waals surface area contributed by atoms with Gasteiger partial charge in [0.1, 0.15) is 0 Å². The fourth-order valence-electron chi connectivity index (χ4n) is 1.71. The average molecular weight is 305 g/mol. The molecule has 1 rings (SSSR count). The number of hydrogen-bond acceptors (Lipinski definition) is 3. The quantitative estimate of drug-likeness (QED) is 0.786. The van der Waals surface area contributed by atoms with Crippen LogP contribution >= 0.6 is 15.9 Å². The predicted octanol–water partition coefficient (Wildman–Crippen LogP) is 2.30. The smallest absolute Gasteiger partial charge is 0.0829 e. The summed E-state index contributed by atoms with van der Waals surface area (Å²) in [6.07, 6.45) is 1.07. The van der Waals surface area contributed by atoms with E-state index in [1.165, 1.54) is 0 Å². The first-order valence-electron chi connectivity index (χ1n) is 6.07. The predicted molar refractivity (Wildman–Crippen MR) is 71.2 cm³/mol. The lowest BCUT2D eigenvalue weighted by Gasteiger charge is -2.12. The maximum Gasteiger partial charge on any atom is 0.0829 e. The Balaban J connectivity index is 2.60. The average Bonchev–Trinajstić information content (AvgIpc) is 2.57. The minimum Gasteiger partial charge on any atom is -0.390 e. The molecular weight excluding hydrogens is 284 g/mol. The van der Waals surface area contributed by atoms with E-state index in [0.717, 1.165) is 28.8 Å². The molecule has 17 heavy (non-hydrogen) atoms. The third kappa shape index (κ3) is 4.08. The molecule has 5 heteroatoms. The zero-order chi connectivity index (χ0) is 12.8. The van der Waals surface area contributed by atoms with Gasteiger partial charge >= 0.3 is 0 Å². The van der Waals surface area contributed by atoms with E-state index in [0.29, 0.717) is 19.6 Å². The van der Waals surface area contributed by atoms with Gasteiger partial charge in [-0.25, -0.2) is 0 Å². The van der Waals surface area contributed by atoms with E-state index in [4.69, 9.17) is 4.74 Å². The molecule has 1 aromatic heterocycles. The van der Waals surface area contributed by atoms with Crippen LogP contribution in [0.4, 0.5) is 0 Å². The number of aryl methyl sites for hydroxylation is 2. The number of rotatable bonds is 7. The molecule has 0 bridgehead atoms. The Kier molecular flexibility index (Phi) is 6.16. The van der Waals surface area contributed by atoms with E-state index in [1.807, 2.05) is 18.5 Å². The molecule has 1 aromatic rings. The summed E-state index contributed by atoms with van der Waals surface area (Å²) in [6, 6.07) is 0. The van der Waals surface area contributed by atoms with Crippen molar-refractivity contribution >= 4 is 15.9 Å². The van der Waals surface area contributed by atoms with Gasteiger partial charge in [-0.15, -0.1) is 0 Å². The third-order valence-electron chi connectivity index (χ3n) is 2.54. The van der Waals surface area contributed by atoms with Crippen molar-refractivity contribution in [2.45, 2.75) is 46.3 Å². The highest BCUT2D eigenvalue weighted by Gasteiger charge is 2.16. The Morgan fingerprint density at radius 2 is 2.18 bits per heavy atom. The Morgan fingerprint density at radius 1 is 1.47 bits per heavy atom. The zero-order valence-electron chi connectivity index (χ0n) is 10.7. The Hall–Kier alpha value is -0.390. The molecule has 0 aromatic carbocycles. The molecule has 0 aliphatic carbocycles. The van der Waals surface area contributed by atoms with Gasteiger partial charge in [0.2, 0.25) is 0 Å². The lowest BCUT2D eigenvalue weighted by atomic mass is 10.2. The van der Waals surface area contributed by atoms with Crippen LogP contribution in [0.2, 0.25) is 0 Å². The van der Waals surface area contributed by atoms with E-state index in [1.54, 1.807) is 0 Å². The number of hydrogen-bond donors (Lipinski definition) is 1. The first kappa shape index (κ1) is 14.7. The van der Waals surface area contributed by atoms with Crippen molar-refractivity contribution in [3.63, 3.8) is 0 Å². The molecule has 0 radical (unpaired) electrons. The van der Waals surface area contributed by atoms with Crippen molar-refractivity contribution in [2.24, 2.45) is 0 Å². The molecule has 1 unspecified atom stereocenters. The van der Waals surface area contributed by atoms with Gasteiger partial charge in [-0.05, 0) is 36.2 Å². The zero-order valence-corrected chi connectivity index (χ0v) is 12.3. The fraction of sp³-hybridized carbons (Fsp3) is 0.750. The van der Waals surface area contributed by atoms with Gasteiger partial charge in [-0.2, -0.15) is 5.10 Å². The number of aliphatic hydroxyl groups excluding tert-OH is 1. The highest BCUT2D eigenvalue weighted by molar-refractivity contribution is 9.10. The number of aromatic nitrogens is 2. The van der Waals surface area contributed by atoms with Gasteiger partial charge in [-0.3, -0.25) is 4.68 Å². The van der Waals surface area contributed by atoms with Crippen molar-refractivity contribution in [3.05, 3.63) is 15.9 Å². The molecule has 0 aliphatic heterocycles. The van der Waals surface area contributed by atoms with Crippen LogP contribution < -0.4 is 0 Å². The van der Waals surface area contributed by atoms with Gasteiger partial charge in [0.25, 0.3) is 0 Å². The van der Waals surface area contributed by atoms with Crippen LogP contribution in [-0.2, 0) is 17.7 Å². The van der Waals surface area contributed by atoms with Gasteiger partial charge in [0.15, 0.2) is 0 Å². The number of aliphatic hydroxyl groups is 1. The van der Waals surface area contributed by atoms with Crippen LogP contribution in [-0.4, -0.2) is 34.2 Å². The van der Waals surface area contributed by atoms with Gasteiger partial charge in [0, 0.05) is 19.6 Å². The number of nitrogens with zero attached hydrogens (tertiary/aromatic N) is 2. The van der Waals surface area contributed by atoms with Crippen molar-refractivity contribution in [1.82, 2.24) is 9.78 Å². The summed E-state index contributed by atoms with van der Waals surface area (Å²) in [5.41, 5.74) is 2.00. The van der Waals surface area contributed by atoms with Crippen LogP contribution in [0.5, 0.6) is 0 Å². The van der Waals surface area contributed by atoms with E-state index < -0.39 is 6.10 Å². The monoisotopic (exact) mass is 304 g/mol. The first-order valence-corrected chi connectivity index (χ1v) is 6.87. The Labute approximate surface area is 111 Å². The molecule has 4 nitrogen and oxygen atoms in total. The number of ether oxygens (including phenoxy) is 1. The van der Waals surface area contributed by atoms with Crippen molar-refractivity contribution in [2.75, 3.05) is 13.2 Å². The van der Waals surface area contributed by atoms with E-state index in [9.17, 15) is 5.11 Å². The molecule has 98 valence electrons. The van der Waals surface area contributed by atoms with Crippen LogP contribution in [0.3, 0.4) is 0 Å². The van der Waals surface area contributed by atoms with Crippen molar-refractivity contribution in [1.29, 1.82) is 0 Å². The summed E-state index contributed by atoms with van der Waals surface area (Å²) in [6.45, 7) is 7.95. The molecule has 0 amide bonds. The largest absolute Gasteiger partial charge is 0.390 e. The van der Waals surface area contributed by atoms with Gasteiger partial charge < -0.3 is 9.84 Å². The Morgan fingerprint density at radius 3 is 2.76 bits per heavy atom. The molecule has 1 heterocycles. The van der Waals surface area contributed by atoms with Gasteiger partial charge in [-0.1, -0.05) is 6.92 Å². The standard InChI is InChI=1S/C12H21BrN2O2/c1-4-6-17-8-10(16)7-11-12(13)9(3)14-15(11)5-2/h10,16H,4-8H2,1-3H3. The highest BCUT2D eigenvalue weighted by atomic mass is 79.9. The molecule has 0 saturated carbocycles. The number of halogens is 1. The second kappa shape index (κ2) is 7.13. The molecule has 0 spiro atoms. The summed E-state index contributed by atoms with van der Waals surface area (Å²) in [7, 11) is 0. The molecular formula is C12H21BrN2O2. The normalized spacial score (nSPS) is 13.0. The summed E-state index contributed by atoms with van der Waals surface area (Å²) in [4.78, 5) is 0. The molecule has 0 aliphatic rings. The lowest BCUT2D eigenvalue weighted by Crippen LogP contribution is -2.20. The molecule has 1 atom stereocenters. The maximum atomic E-state index is 9.90. The maximum absolute atomic E-state index is 9.90.